The van der Waals surface area contributed by atoms with Crippen LogP contribution >= 0.6 is 22.6 Å². The molecule has 3 rings (SSSR count). The number of carbonyl (C=O) groups excluding carboxylic acids is 1. The van der Waals surface area contributed by atoms with E-state index in [1.54, 1.807) is 12.1 Å². The number of sulfonamides is 1. The summed E-state index contributed by atoms with van der Waals surface area (Å²) in [5.41, 5.74) is 3.40. The fourth-order valence-electron chi connectivity index (χ4n) is 3.24. The molecule has 0 aromatic heterocycles. The Labute approximate surface area is 191 Å². The largest absolute Gasteiger partial charge is 0.344 e. The molecule has 156 valence electrons. The zero-order valence-electron chi connectivity index (χ0n) is 16.7. The normalized spacial score (nSPS) is 12.2. The van der Waals surface area contributed by atoms with Crippen LogP contribution in [-0.4, -0.2) is 27.1 Å². The lowest BCUT2D eigenvalue weighted by Crippen LogP contribution is -2.42. The van der Waals surface area contributed by atoms with Crippen LogP contribution in [0.3, 0.4) is 0 Å². The van der Waals surface area contributed by atoms with Crippen molar-refractivity contribution in [2.45, 2.75) is 13.0 Å². The Morgan fingerprint density at radius 1 is 0.967 bits per heavy atom. The van der Waals surface area contributed by atoms with Crippen molar-refractivity contribution < 1.29 is 13.2 Å². The molecule has 0 spiro atoms. The molecule has 0 fully saturated rings. The molecule has 0 aliphatic heterocycles. The minimum absolute atomic E-state index is 0.297. The molecule has 0 heterocycles. The van der Waals surface area contributed by atoms with Crippen molar-refractivity contribution >= 4 is 44.2 Å². The van der Waals surface area contributed by atoms with Crippen molar-refractivity contribution in [1.29, 1.82) is 0 Å². The van der Waals surface area contributed by atoms with E-state index in [0.29, 0.717) is 5.69 Å². The summed E-state index contributed by atoms with van der Waals surface area (Å²) in [6.45, 7) is 1.69. The third-order valence-corrected chi connectivity index (χ3v) is 6.60. The number of hydrogen-bond donors (Lipinski definition) is 1. The van der Waals surface area contributed by atoms with Crippen LogP contribution in [0.4, 0.5) is 5.69 Å². The van der Waals surface area contributed by atoms with Gasteiger partial charge in [0.05, 0.1) is 18.0 Å². The van der Waals surface area contributed by atoms with E-state index in [9.17, 15) is 13.2 Å². The average molecular weight is 534 g/mol. The summed E-state index contributed by atoms with van der Waals surface area (Å²) in [5.74, 6) is -0.379. The van der Waals surface area contributed by atoms with Crippen molar-refractivity contribution in [1.82, 2.24) is 5.32 Å². The number of benzene rings is 3. The topological polar surface area (TPSA) is 66.5 Å². The Bertz CT molecular complexity index is 1120. The Kier molecular flexibility index (Phi) is 7.14. The van der Waals surface area contributed by atoms with Gasteiger partial charge in [-0.15, -0.1) is 0 Å². The van der Waals surface area contributed by atoms with Gasteiger partial charge in [0.25, 0.3) is 0 Å². The highest BCUT2D eigenvalue weighted by Crippen LogP contribution is 2.25. The van der Waals surface area contributed by atoms with Gasteiger partial charge in [0, 0.05) is 3.57 Å². The van der Waals surface area contributed by atoms with Gasteiger partial charge in [0.1, 0.15) is 6.54 Å². The minimum atomic E-state index is -3.63. The Morgan fingerprint density at radius 3 is 2.17 bits per heavy atom. The zero-order chi connectivity index (χ0) is 21.7. The quantitative estimate of drug-likeness (QED) is 0.461. The van der Waals surface area contributed by atoms with Gasteiger partial charge in [-0.2, -0.15) is 0 Å². The number of carbonyl (C=O) groups is 1. The number of anilines is 1. The summed E-state index contributed by atoms with van der Waals surface area (Å²) >= 11 is 2.15. The third-order valence-electron chi connectivity index (χ3n) is 4.74. The fourth-order valence-corrected chi connectivity index (χ4v) is 4.46. The Hall–Kier alpha value is -2.39. The van der Waals surface area contributed by atoms with Gasteiger partial charge < -0.3 is 5.32 Å². The first-order chi connectivity index (χ1) is 14.3. The van der Waals surface area contributed by atoms with Gasteiger partial charge in [0.15, 0.2) is 0 Å². The maximum atomic E-state index is 13.0. The number of hydrogen-bond acceptors (Lipinski definition) is 3. The Morgan fingerprint density at radius 2 is 1.57 bits per heavy atom. The highest BCUT2D eigenvalue weighted by Gasteiger charge is 2.24. The fraction of sp³-hybridized carbons (Fsp3) is 0.174. The first-order valence-corrected chi connectivity index (χ1v) is 12.3. The van der Waals surface area contributed by atoms with Crippen LogP contribution in [-0.2, 0) is 14.8 Å². The van der Waals surface area contributed by atoms with Crippen LogP contribution in [0, 0.1) is 10.5 Å². The zero-order valence-corrected chi connectivity index (χ0v) is 19.7. The number of amides is 1. The second kappa shape index (κ2) is 9.61. The molecule has 7 heteroatoms. The molecule has 3 aromatic rings. The highest BCUT2D eigenvalue weighted by molar-refractivity contribution is 14.1. The second-order valence-electron chi connectivity index (χ2n) is 7.01. The Balaban J connectivity index is 1.90. The molecule has 0 saturated heterocycles. The van der Waals surface area contributed by atoms with E-state index in [4.69, 9.17) is 0 Å². The molecular weight excluding hydrogens is 511 g/mol. The summed E-state index contributed by atoms with van der Waals surface area (Å²) in [6.07, 6.45) is 1.11. The first-order valence-electron chi connectivity index (χ1n) is 9.39. The number of nitrogens with zero attached hydrogens (tertiary/aromatic N) is 1. The molecular formula is C23H23IN2O3S. The molecule has 0 aliphatic carbocycles. The smallest absolute Gasteiger partial charge is 0.241 e. The highest BCUT2D eigenvalue weighted by atomic mass is 127. The third kappa shape index (κ3) is 5.60. The van der Waals surface area contributed by atoms with Gasteiger partial charge in [-0.25, -0.2) is 8.42 Å². The van der Waals surface area contributed by atoms with E-state index in [1.165, 1.54) is 0 Å². The molecule has 1 atom stereocenters. The van der Waals surface area contributed by atoms with E-state index >= 15 is 0 Å². The standard InChI is InChI=1S/C23H23IN2O3S/c1-17-8-6-7-11-21(17)23(18-9-4-3-5-10-18)25-22(27)16-26(30(2,28)29)20-14-12-19(24)13-15-20/h3-15,23H,16H2,1-2H3,(H,25,27). The second-order valence-corrected chi connectivity index (χ2v) is 10.2. The van der Waals surface area contributed by atoms with Gasteiger partial charge in [-0.1, -0.05) is 54.6 Å². The molecule has 5 nitrogen and oxygen atoms in total. The number of halogens is 1. The molecule has 0 aliphatic rings. The molecule has 0 radical (unpaired) electrons. The average Bonchev–Trinajstić information content (AvgIpc) is 2.71. The molecule has 0 saturated carbocycles. The molecule has 1 N–H and O–H groups in total. The van der Waals surface area contributed by atoms with Crippen LogP contribution in [0.5, 0.6) is 0 Å². The van der Waals surface area contributed by atoms with Crippen molar-refractivity contribution in [3.05, 3.63) is 99.1 Å². The maximum absolute atomic E-state index is 13.0. The molecule has 3 aromatic carbocycles. The van der Waals surface area contributed by atoms with Crippen LogP contribution in [0.15, 0.2) is 78.9 Å². The van der Waals surface area contributed by atoms with E-state index in [-0.39, 0.29) is 18.5 Å². The minimum Gasteiger partial charge on any atom is -0.344 e. The lowest BCUT2D eigenvalue weighted by atomic mass is 9.95. The van der Waals surface area contributed by atoms with Crippen molar-refractivity contribution in [2.75, 3.05) is 17.1 Å². The molecule has 1 amide bonds. The van der Waals surface area contributed by atoms with Crippen molar-refractivity contribution in [3.63, 3.8) is 0 Å². The molecule has 0 bridgehead atoms. The van der Waals surface area contributed by atoms with Gasteiger partial charge in [0.2, 0.25) is 15.9 Å². The van der Waals surface area contributed by atoms with Crippen molar-refractivity contribution in [3.8, 4) is 0 Å². The van der Waals surface area contributed by atoms with Gasteiger partial charge in [-0.05, 0) is 70.5 Å². The summed E-state index contributed by atoms with van der Waals surface area (Å²) < 4.78 is 26.9. The molecule has 1 unspecified atom stereocenters. The van der Waals surface area contributed by atoms with E-state index in [1.807, 2.05) is 73.7 Å². The summed E-state index contributed by atoms with van der Waals surface area (Å²) in [4.78, 5) is 13.0. The summed E-state index contributed by atoms with van der Waals surface area (Å²) in [6, 6.07) is 24.1. The first kappa shape index (κ1) is 22.3. The van der Waals surface area contributed by atoms with Crippen LogP contribution in [0.25, 0.3) is 0 Å². The monoisotopic (exact) mass is 534 g/mol. The van der Waals surface area contributed by atoms with Gasteiger partial charge >= 0.3 is 0 Å². The van der Waals surface area contributed by atoms with Gasteiger partial charge in [-0.3, -0.25) is 9.10 Å². The predicted molar refractivity (Wildman–Crippen MR) is 129 cm³/mol. The van der Waals surface area contributed by atoms with Crippen LogP contribution in [0.1, 0.15) is 22.7 Å². The SMILES string of the molecule is Cc1ccccc1C(NC(=O)CN(c1ccc(I)cc1)S(C)(=O)=O)c1ccccc1. The van der Waals surface area contributed by atoms with Crippen LogP contribution in [0.2, 0.25) is 0 Å². The number of rotatable bonds is 7. The predicted octanol–water partition coefficient (Wildman–Crippen LogP) is 4.27. The van der Waals surface area contributed by atoms with E-state index in [0.717, 1.165) is 30.8 Å². The van der Waals surface area contributed by atoms with E-state index in [2.05, 4.69) is 27.9 Å². The van der Waals surface area contributed by atoms with Crippen molar-refractivity contribution in [2.24, 2.45) is 0 Å². The van der Waals surface area contributed by atoms with E-state index < -0.39 is 10.0 Å². The number of nitrogens with one attached hydrogen (secondary N) is 1. The summed E-state index contributed by atoms with van der Waals surface area (Å²) in [5, 5.41) is 3.03. The lowest BCUT2D eigenvalue weighted by molar-refractivity contribution is -0.120. The summed E-state index contributed by atoms with van der Waals surface area (Å²) in [7, 11) is -3.63. The van der Waals surface area contributed by atoms with Crippen LogP contribution < -0.4 is 9.62 Å². The molecule has 30 heavy (non-hydrogen) atoms. The maximum Gasteiger partial charge on any atom is 0.241 e. The lowest BCUT2D eigenvalue weighted by Gasteiger charge is -2.25. The number of aryl methyl sites for hydroxylation is 1.